The van der Waals surface area contributed by atoms with Crippen LogP contribution in [-0.2, 0) is 26.2 Å². The molecule has 0 aliphatic rings. The Hall–Kier alpha value is -6.88. The molecule has 17 heteroatoms. The van der Waals surface area contributed by atoms with E-state index in [9.17, 15) is 19.5 Å². The minimum absolute atomic E-state index is 0.0691. The van der Waals surface area contributed by atoms with Gasteiger partial charge in [0.1, 0.15) is 22.8 Å². The van der Waals surface area contributed by atoms with Gasteiger partial charge in [0.25, 0.3) is 5.91 Å². The quantitative estimate of drug-likeness (QED) is 0.0847. The summed E-state index contributed by atoms with van der Waals surface area (Å²) in [5.41, 5.74) is 17.9. The number of primary amides is 2. The van der Waals surface area contributed by atoms with Gasteiger partial charge in [-0.3, -0.25) is 29.1 Å². The fourth-order valence-corrected chi connectivity index (χ4v) is 7.12. The molecule has 0 unspecified atom stereocenters. The third-order valence-electron chi connectivity index (χ3n) is 9.65. The second-order valence-corrected chi connectivity index (χ2v) is 13.7. The van der Waals surface area contributed by atoms with Crippen LogP contribution in [0.15, 0.2) is 54.7 Å². The fraction of sp³-hybridized carbons (Fsp3) is 0.300. The Kier molecular flexibility index (Phi) is 10.6. The van der Waals surface area contributed by atoms with Crippen molar-refractivity contribution in [2.24, 2.45) is 11.5 Å². The minimum Gasteiger partial charge on any atom is -0.491 e. The van der Waals surface area contributed by atoms with Gasteiger partial charge in [-0.05, 0) is 76.6 Å². The Balaban J connectivity index is 1.33. The molecule has 0 radical (unpaired) electrons. The summed E-state index contributed by atoms with van der Waals surface area (Å²) < 4.78 is 13.5. The van der Waals surface area contributed by atoms with Crippen molar-refractivity contribution in [3.63, 3.8) is 0 Å². The summed E-state index contributed by atoms with van der Waals surface area (Å²) in [6.45, 7) is 11.4. The zero-order valence-electron chi connectivity index (χ0n) is 32.4. The summed E-state index contributed by atoms with van der Waals surface area (Å²) in [4.78, 5) is 52.8. The highest BCUT2D eigenvalue weighted by molar-refractivity contribution is 6.12. The van der Waals surface area contributed by atoms with E-state index in [1.54, 1.807) is 41.2 Å². The molecule has 0 saturated heterocycles. The first-order valence-corrected chi connectivity index (χ1v) is 18.6. The molecule has 57 heavy (non-hydrogen) atoms. The van der Waals surface area contributed by atoms with Crippen LogP contribution >= 0.6 is 0 Å². The number of aliphatic hydroxyl groups is 1. The molecule has 5 aromatic heterocycles. The molecular formula is C40H44N12O5. The van der Waals surface area contributed by atoms with Gasteiger partial charge in [0, 0.05) is 67.3 Å². The van der Waals surface area contributed by atoms with Gasteiger partial charge < -0.3 is 30.4 Å². The van der Waals surface area contributed by atoms with Gasteiger partial charge in [0.15, 0.2) is 5.82 Å². The Bertz CT molecular complexity index is 2730. The molecule has 0 spiro atoms. The number of carbonyl (C=O) groups is 3. The minimum atomic E-state index is -0.618. The Morgan fingerprint density at radius 1 is 0.825 bits per heavy atom. The van der Waals surface area contributed by atoms with Crippen molar-refractivity contribution in [1.29, 1.82) is 0 Å². The molecule has 6 N–H and O–H groups in total. The smallest absolute Gasteiger partial charge is 0.276 e. The van der Waals surface area contributed by atoms with Crippen molar-refractivity contribution in [2.45, 2.75) is 67.2 Å². The average molecular weight is 773 g/mol. The highest BCUT2D eigenvalue weighted by Crippen LogP contribution is 2.36. The first-order chi connectivity index (χ1) is 27.4. The number of allylic oxidation sites excluding steroid dienone is 2. The second-order valence-electron chi connectivity index (χ2n) is 13.7. The van der Waals surface area contributed by atoms with Gasteiger partial charge in [-0.25, -0.2) is 15.0 Å². The first kappa shape index (κ1) is 38.4. The number of benzene rings is 2. The number of rotatable bonds is 15. The maximum absolute atomic E-state index is 13.6. The van der Waals surface area contributed by atoms with E-state index in [0.29, 0.717) is 82.0 Å². The van der Waals surface area contributed by atoms with Crippen LogP contribution in [0.5, 0.6) is 5.75 Å². The number of aliphatic hydroxyl groups excluding tert-OH is 1. The molecule has 3 amide bonds. The Morgan fingerprint density at radius 2 is 1.51 bits per heavy atom. The van der Waals surface area contributed by atoms with Crippen LogP contribution in [0.2, 0.25) is 0 Å². The second kappa shape index (κ2) is 15.7. The maximum atomic E-state index is 13.6. The van der Waals surface area contributed by atoms with E-state index < -0.39 is 11.8 Å². The summed E-state index contributed by atoms with van der Waals surface area (Å²) in [5.74, 6) is -0.418. The van der Waals surface area contributed by atoms with Crippen LogP contribution in [0.4, 0.5) is 5.95 Å². The maximum Gasteiger partial charge on any atom is 0.276 e. The SMILES string of the molecule is CCn1nc(C)cc1C(=O)Nc1nc2cc(C(N)=O)cc(C)c2n1CC=CCn1c2nc(-c3cc(C)nn3CC)ncc2c2cc(C(N)=O)cc(OCCCO)c21. The summed E-state index contributed by atoms with van der Waals surface area (Å²) in [7, 11) is 0. The van der Waals surface area contributed by atoms with Crippen molar-refractivity contribution in [2.75, 3.05) is 18.5 Å². The van der Waals surface area contributed by atoms with Crippen LogP contribution in [0.1, 0.15) is 68.4 Å². The zero-order chi connectivity index (χ0) is 40.5. The summed E-state index contributed by atoms with van der Waals surface area (Å²) in [6, 6.07) is 10.3. The Morgan fingerprint density at radius 3 is 2.21 bits per heavy atom. The molecule has 0 fully saturated rings. The topological polar surface area (TPSA) is 229 Å². The molecule has 2 aromatic carbocycles. The fourth-order valence-electron chi connectivity index (χ4n) is 7.12. The molecular weight excluding hydrogens is 729 g/mol. The van der Waals surface area contributed by atoms with Crippen molar-refractivity contribution in [3.8, 4) is 17.3 Å². The molecule has 7 aromatic rings. The van der Waals surface area contributed by atoms with Gasteiger partial charge in [0.05, 0.1) is 34.5 Å². The largest absolute Gasteiger partial charge is 0.491 e. The van der Waals surface area contributed by atoms with E-state index >= 15 is 0 Å². The van der Waals surface area contributed by atoms with Crippen LogP contribution < -0.4 is 21.5 Å². The van der Waals surface area contributed by atoms with Gasteiger partial charge in [-0.15, -0.1) is 0 Å². The number of nitrogens with one attached hydrogen (secondary N) is 1. The van der Waals surface area contributed by atoms with Gasteiger partial charge >= 0.3 is 0 Å². The van der Waals surface area contributed by atoms with E-state index in [-0.39, 0.29) is 37.2 Å². The normalized spacial score (nSPS) is 11.8. The third-order valence-corrected chi connectivity index (χ3v) is 9.65. The number of nitrogens with two attached hydrogens (primary N) is 2. The lowest BCUT2D eigenvalue weighted by Crippen LogP contribution is -2.20. The predicted octanol–water partition coefficient (Wildman–Crippen LogP) is 4.43. The predicted molar refractivity (Wildman–Crippen MR) is 215 cm³/mol. The number of carbonyl (C=O) groups excluding carboxylic acids is 3. The number of hydrogen-bond acceptors (Lipinski definition) is 10. The van der Waals surface area contributed by atoms with Crippen LogP contribution in [0, 0.1) is 20.8 Å². The van der Waals surface area contributed by atoms with Crippen molar-refractivity contribution < 1.29 is 24.2 Å². The van der Waals surface area contributed by atoms with Crippen molar-refractivity contribution in [3.05, 3.63) is 88.5 Å². The molecule has 0 saturated carbocycles. The summed E-state index contributed by atoms with van der Waals surface area (Å²) in [5, 5.41) is 22.8. The average Bonchev–Trinajstić information content (AvgIpc) is 3.94. The lowest BCUT2D eigenvalue weighted by molar-refractivity contribution is 0.0991. The van der Waals surface area contributed by atoms with E-state index in [2.05, 4.69) is 15.5 Å². The zero-order valence-corrected chi connectivity index (χ0v) is 32.4. The van der Waals surface area contributed by atoms with Crippen molar-refractivity contribution >= 4 is 56.6 Å². The van der Waals surface area contributed by atoms with Gasteiger partial charge in [-0.1, -0.05) is 12.2 Å². The monoisotopic (exact) mass is 772 g/mol. The lowest BCUT2D eigenvalue weighted by atomic mass is 10.1. The molecule has 5 heterocycles. The van der Waals surface area contributed by atoms with Crippen LogP contribution in [-0.4, -0.2) is 79.7 Å². The van der Waals surface area contributed by atoms with Gasteiger partial charge in [0.2, 0.25) is 17.8 Å². The number of aromatic nitrogens is 9. The summed E-state index contributed by atoms with van der Waals surface area (Å²) >= 11 is 0. The first-order valence-electron chi connectivity index (χ1n) is 18.6. The van der Waals surface area contributed by atoms with E-state index in [1.165, 1.54) is 0 Å². The van der Waals surface area contributed by atoms with E-state index in [4.69, 9.17) is 31.2 Å². The highest BCUT2D eigenvalue weighted by Gasteiger charge is 2.23. The number of fused-ring (bicyclic) bond motifs is 4. The Labute approximate surface area is 326 Å². The van der Waals surface area contributed by atoms with Crippen molar-refractivity contribution in [1.82, 2.24) is 43.6 Å². The van der Waals surface area contributed by atoms with Gasteiger partial charge in [-0.2, -0.15) is 10.2 Å². The van der Waals surface area contributed by atoms with E-state index in [0.717, 1.165) is 22.5 Å². The van der Waals surface area contributed by atoms with Crippen LogP contribution in [0.25, 0.3) is 44.5 Å². The highest BCUT2D eigenvalue weighted by atomic mass is 16.5. The molecule has 7 rings (SSSR count). The molecule has 17 nitrogen and oxygen atoms in total. The number of aryl methyl sites for hydroxylation is 5. The molecule has 0 aliphatic carbocycles. The summed E-state index contributed by atoms with van der Waals surface area (Å²) in [6.07, 6.45) is 6.01. The third kappa shape index (κ3) is 7.31. The molecule has 0 atom stereocenters. The standard InChI is InChI=1S/C40H44N12O5/c1-6-51-30(16-23(4)47-51)37-43-21-28-27-18-26(36(42)55)20-32(57-14-10-13-53)34(27)49(38(28)45-37)11-8-9-12-50-33-22(3)15-25(35(41)54)19-29(33)44-40(50)46-39(56)31-17-24(5)48-52(31)7-2/h8-9,15-21,53H,6-7,10-14H2,1-5H3,(H2,41,54)(H2,42,55)(H,44,46,56). The molecule has 294 valence electrons. The lowest BCUT2D eigenvalue weighted by Gasteiger charge is -2.12. The van der Waals surface area contributed by atoms with Crippen LogP contribution in [0.3, 0.4) is 0 Å². The number of ether oxygens (including phenoxy) is 1. The molecule has 0 aliphatic heterocycles. The number of imidazole rings is 1. The number of hydrogen-bond donors (Lipinski definition) is 4. The molecule has 0 bridgehead atoms. The number of anilines is 1. The number of amides is 3. The van der Waals surface area contributed by atoms with E-state index in [1.807, 2.05) is 66.7 Å². The number of nitrogens with zero attached hydrogens (tertiary/aromatic N) is 9.